The zero-order valence-corrected chi connectivity index (χ0v) is 16.2. The molecule has 1 aliphatic rings. The molecule has 124 valence electrons. The molecule has 5 nitrogen and oxygen atoms in total. The van der Waals surface area contributed by atoms with Crippen LogP contribution in [0.25, 0.3) is 10.6 Å². The molecule has 3 rings (SSSR count). The molecule has 1 aliphatic heterocycles. The number of rotatable bonds is 3. The fraction of sp³-hybridized carbons (Fsp3) is 0.375. The van der Waals surface area contributed by atoms with Crippen LogP contribution in [0.1, 0.15) is 12.6 Å². The molecule has 2 N–H and O–H groups in total. The fourth-order valence-electron chi connectivity index (χ4n) is 2.38. The van der Waals surface area contributed by atoms with Crippen molar-refractivity contribution in [2.24, 2.45) is 10.7 Å². The lowest BCUT2D eigenvalue weighted by Crippen LogP contribution is -2.47. The number of benzene rings is 1. The molecule has 23 heavy (non-hydrogen) atoms. The van der Waals surface area contributed by atoms with E-state index >= 15 is 0 Å². The van der Waals surface area contributed by atoms with Crippen molar-refractivity contribution in [3.05, 3.63) is 41.4 Å². The van der Waals surface area contributed by atoms with Gasteiger partial charge in [0.25, 0.3) is 0 Å². The van der Waals surface area contributed by atoms with Gasteiger partial charge in [0, 0.05) is 24.0 Å². The molecular weight excluding hydrogens is 423 g/mol. The number of nitrogens with two attached hydrogens (primary N) is 1. The summed E-state index contributed by atoms with van der Waals surface area (Å²) in [5.41, 5.74) is 8.16. The normalized spacial score (nSPS) is 18.6. The van der Waals surface area contributed by atoms with Gasteiger partial charge >= 0.3 is 0 Å². The van der Waals surface area contributed by atoms with E-state index in [0.29, 0.717) is 19.1 Å². The first-order valence-electron chi connectivity index (χ1n) is 7.38. The summed E-state index contributed by atoms with van der Waals surface area (Å²) in [7, 11) is 0. The standard InChI is InChI=1S/C16H20N4OS.HI/c1-12-10-20(7-8-21-12)16(17)18-9-14-11-22-15(19-14)13-5-3-2-4-6-13;/h2-6,11-12H,7-10H2,1H3,(H2,17,18);1H. The van der Waals surface area contributed by atoms with E-state index in [9.17, 15) is 0 Å². The van der Waals surface area contributed by atoms with Crippen molar-refractivity contribution >= 4 is 41.3 Å². The molecule has 2 heterocycles. The predicted molar refractivity (Wildman–Crippen MR) is 105 cm³/mol. The van der Waals surface area contributed by atoms with Gasteiger partial charge < -0.3 is 15.4 Å². The van der Waals surface area contributed by atoms with Crippen LogP contribution in [-0.2, 0) is 11.3 Å². The number of aliphatic imine (C=N–C) groups is 1. The maximum absolute atomic E-state index is 6.07. The fourth-order valence-corrected chi connectivity index (χ4v) is 3.20. The van der Waals surface area contributed by atoms with Crippen LogP contribution in [0.2, 0.25) is 0 Å². The monoisotopic (exact) mass is 444 g/mol. The third-order valence-corrected chi connectivity index (χ3v) is 4.48. The summed E-state index contributed by atoms with van der Waals surface area (Å²) >= 11 is 1.64. The Labute approximate surface area is 157 Å². The third-order valence-electron chi connectivity index (χ3n) is 3.54. The van der Waals surface area contributed by atoms with Crippen molar-refractivity contribution < 1.29 is 4.74 Å². The molecule has 0 aliphatic carbocycles. The van der Waals surface area contributed by atoms with Crippen LogP contribution in [0, 0.1) is 0 Å². The van der Waals surface area contributed by atoms with E-state index in [4.69, 9.17) is 10.5 Å². The zero-order valence-electron chi connectivity index (χ0n) is 13.0. The quantitative estimate of drug-likeness (QED) is 0.449. The number of morpholine rings is 1. The van der Waals surface area contributed by atoms with Gasteiger partial charge in [-0.2, -0.15) is 0 Å². The van der Waals surface area contributed by atoms with Gasteiger partial charge in [0.05, 0.1) is 24.9 Å². The maximum Gasteiger partial charge on any atom is 0.191 e. The number of halogens is 1. The number of hydrogen-bond donors (Lipinski definition) is 1. The van der Waals surface area contributed by atoms with Crippen LogP contribution < -0.4 is 5.73 Å². The van der Waals surface area contributed by atoms with Crippen LogP contribution in [0.15, 0.2) is 40.7 Å². The lowest BCUT2D eigenvalue weighted by Gasteiger charge is -2.31. The Bertz CT molecular complexity index is 647. The lowest BCUT2D eigenvalue weighted by atomic mass is 10.2. The van der Waals surface area contributed by atoms with Crippen molar-refractivity contribution in [3.8, 4) is 10.6 Å². The highest BCUT2D eigenvalue weighted by Crippen LogP contribution is 2.23. The van der Waals surface area contributed by atoms with Crippen LogP contribution >= 0.6 is 35.3 Å². The van der Waals surface area contributed by atoms with Gasteiger partial charge in [0.15, 0.2) is 5.96 Å². The Kier molecular flexibility index (Phi) is 6.79. The van der Waals surface area contributed by atoms with Crippen molar-refractivity contribution in [1.82, 2.24) is 9.88 Å². The molecular formula is C16H21IN4OS. The van der Waals surface area contributed by atoms with Gasteiger partial charge in [-0.25, -0.2) is 9.98 Å². The summed E-state index contributed by atoms with van der Waals surface area (Å²) in [6, 6.07) is 10.2. The van der Waals surface area contributed by atoms with Gasteiger partial charge in [-0.3, -0.25) is 0 Å². The van der Waals surface area contributed by atoms with Crippen LogP contribution in [0.5, 0.6) is 0 Å². The van der Waals surface area contributed by atoms with E-state index in [-0.39, 0.29) is 30.1 Å². The van der Waals surface area contributed by atoms with Crippen LogP contribution in [0.3, 0.4) is 0 Å². The number of ether oxygens (including phenoxy) is 1. The van der Waals surface area contributed by atoms with Crippen molar-refractivity contribution in [3.63, 3.8) is 0 Å². The van der Waals surface area contributed by atoms with E-state index in [0.717, 1.165) is 29.4 Å². The van der Waals surface area contributed by atoms with E-state index in [2.05, 4.69) is 27.0 Å². The third kappa shape index (κ3) is 4.89. The molecule has 2 aromatic rings. The van der Waals surface area contributed by atoms with Crippen molar-refractivity contribution in [2.75, 3.05) is 19.7 Å². The van der Waals surface area contributed by atoms with Gasteiger partial charge in [-0.1, -0.05) is 30.3 Å². The van der Waals surface area contributed by atoms with Gasteiger partial charge in [-0.15, -0.1) is 35.3 Å². The average Bonchev–Trinajstić information content (AvgIpc) is 3.02. The van der Waals surface area contributed by atoms with E-state index in [1.807, 2.05) is 30.5 Å². The summed E-state index contributed by atoms with van der Waals surface area (Å²) in [6.07, 6.45) is 0.200. The summed E-state index contributed by atoms with van der Waals surface area (Å²) in [6.45, 7) is 4.85. The Morgan fingerprint density at radius 1 is 1.43 bits per heavy atom. The molecule has 1 aromatic carbocycles. The van der Waals surface area contributed by atoms with E-state index in [1.54, 1.807) is 11.3 Å². The Hall–Kier alpha value is -1.19. The number of thiazole rings is 1. The van der Waals surface area contributed by atoms with Crippen molar-refractivity contribution in [2.45, 2.75) is 19.6 Å². The molecule has 0 saturated carbocycles. The van der Waals surface area contributed by atoms with Crippen molar-refractivity contribution in [1.29, 1.82) is 0 Å². The second-order valence-corrected chi connectivity index (χ2v) is 6.17. The summed E-state index contributed by atoms with van der Waals surface area (Å²) in [5, 5.41) is 3.06. The van der Waals surface area contributed by atoms with Gasteiger partial charge in [-0.05, 0) is 6.92 Å². The molecule has 1 saturated heterocycles. The second kappa shape index (κ2) is 8.60. The SMILES string of the molecule is CC1CN(C(N)=NCc2csc(-c3ccccc3)n2)CCO1.I. The van der Waals surface area contributed by atoms with E-state index in [1.165, 1.54) is 0 Å². The van der Waals surface area contributed by atoms with E-state index < -0.39 is 0 Å². The minimum Gasteiger partial charge on any atom is -0.375 e. The molecule has 1 fully saturated rings. The largest absolute Gasteiger partial charge is 0.375 e. The molecule has 0 amide bonds. The second-order valence-electron chi connectivity index (χ2n) is 5.31. The number of nitrogens with zero attached hydrogens (tertiary/aromatic N) is 3. The molecule has 0 spiro atoms. The molecule has 0 radical (unpaired) electrons. The number of aromatic nitrogens is 1. The minimum absolute atomic E-state index is 0. The highest BCUT2D eigenvalue weighted by Gasteiger charge is 2.18. The average molecular weight is 444 g/mol. The molecule has 0 bridgehead atoms. The Morgan fingerprint density at radius 3 is 2.96 bits per heavy atom. The van der Waals surface area contributed by atoms with Crippen LogP contribution in [0.4, 0.5) is 0 Å². The smallest absolute Gasteiger partial charge is 0.191 e. The highest BCUT2D eigenvalue weighted by molar-refractivity contribution is 14.0. The number of guanidine groups is 1. The van der Waals surface area contributed by atoms with Gasteiger partial charge in [0.1, 0.15) is 5.01 Å². The first kappa shape index (κ1) is 18.2. The lowest BCUT2D eigenvalue weighted by molar-refractivity contribution is 0.00528. The number of hydrogen-bond acceptors (Lipinski definition) is 4. The Balaban J connectivity index is 0.00000192. The zero-order chi connectivity index (χ0) is 15.4. The summed E-state index contributed by atoms with van der Waals surface area (Å²) < 4.78 is 5.51. The Morgan fingerprint density at radius 2 is 2.22 bits per heavy atom. The molecule has 1 aromatic heterocycles. The highest BCUT2D eigenvalue weighted by atomic mass is 127. The molecule has 7 heteroatoms. The first-order valence-corrected chi connectivity index (χ1v) is 8.26. The van der Waals surface area contributed by atoms with Crippen LogP contribution in [-0.4, -0.2) is 41.6 Å². The first-order chi connectivity index (χ1) is 10.7. The topological polar surface area (TPSA) is 63.7 Å². The minimum atomic E-state index is 0. The summed E-state index contributed by atoms with van der Waals surface area (Å²) in [4.78, 5) is 11.2. The predicted octanol–water partition coefficient (Wildman–Crippen LogP) is 2.96. The maximum atomic E-state index is 6.07. The summed E-state index contributed by atoms with van der Waals surface area (Å²) in [5.74, 6) is 0.574. The molecule has 1 atom stereocenters. The molecule has 1 unspecified atom stereocenters. The van der Waals surface area contributed by atoms with Gasteiger partial charge in [0.2, 0.25) is 0 Å².